The van der Waals surface area contributed by atoms with Crippen LogP contribution in [0.25, 0.3) is 0 Å². The number of hydrogen-bond acceptors (Lipinski definition) is 3. The molecule has 0 aromatic rings. The van der Waals surface area contributed by atoms with E-state index in [0.29, 0.717) is 39.0 Å². The van der Waals surface area contributed by atoms with Gasteiger partial charge in [0, 0.05) is 31.6 Å². The smallest absolute Gasteiger partial charge is 0.260 e. The minimum absolute atomic E-state index is 0.110. The van der Waals surface area contributed by atoms with Crippen molar-refractivity contribution >= 4 is 15.9 Å². The molecular formula is C13H21FN2O3S. The van der Waals surface area contributed by atoms with Crippen LogP contribution in [-0.4, -0.2) is 61.1 Å². The molecule has 0 aromatic heterocycles. The van der Waals surface area contributed by atoms with E-state index < -0.39 is 15.7 Å². The predicted octanol–water partition coefficient (Wildman–Crippen LogP) is 0.763. The van der Waals surface area contributed by atoms with Crippen molar-refractivity contribution in [2.24, 2.45) is 5.41 Å². The summed E-state index contributed by atoms with van der Waals surface area (Å²) in [6, 6.07) is 0. The third-order valence-electron chi connectivity index (χ3n) is 5.03. The first kappa shape index (κ1) is 14.3. The zero-order chi connectivity index (χ0) is 14.6. The molecule has 1 aliphatic carbocycles. The summed E-state index contributed by atoms with van der Waals surface area (Å²) >= 11 is 0. The Balaban J connectivity index is 1.59. The van der Waals surface area contributed by atoms with E-state index in [4.69, 9.17) is 0 Å². The summed E-state index contributed by atoms with van der Waals surface area (Å²) in [4.78, 5) is 13.6. The Morgan fingerprint density at radius 3 is 2.35 bits per heavy atom. The molecule has 1 saturated carbocycles. The van der Waals surface area contributed by atoms with Crippen LogP contribution < -0.4 is 0 Å². The zero-order valence-electron chi connectivity index (χ0n) is 11.8. The molecule has 114 valence electrons. The van der Waals surface area contributed by atoms with Gasteiger partial charge < -0.3 is 4.90 Å². The summed E-state index contributed by atoms with van der Waals surface area (Å²) in [5, 5.41) is 0. The molecular weight excluding hydrogens is 283 g/mol. The Hall–Kier alpha value is -0.690. The average Bonchev–Trinajstić information content (AvgIpc) is 2.79. The summed E-state index contributed by atoms with van der Waals surface area (Å²) in [5.74, 6) is -0.273. The van der Waals surface area contributed by atoms with Crippen LogP contribution in [-0.2, 0) is 14.8 Å². The van der Waals surface area contributed by atoms with Gasteiger partial charge in [0.05, 0.1) is 5.75 Å². The SMILES string of the molecule is CCS(=O)(=O)N1CCC2(CN(C(=O)C3(F)CCC3)C2)C1. The average molecular weight is 304 g/mol. The molecule has 3 rings (SSSR count). The maximum Gasteiger partial charge on any atom is 0.260 e. The fraction of sp³-hybridized carbons (Fsp3) is 0.923. The highest BCUT2D eigenvalue weighted by atomic mass is 32.2. The van der Waals surface area contributed by atoms with E-state index in [1.54, 1.807) is 11.8 Å². The number of hydrogen-bond donors (Lipinski definition) is 0. The Labute approximate surface area is 119 Å². The largest absolute Gasteiger partial charge is 0.339 e. The summed E-state index contributed by atoms with van der Waals surface area (Å²) in [6.07, 6.45) is 2.23. The van der Waals surface area contributed by atoms with Gasteiger partial charge in [-0.1, -0.05) is 0 Å². The zero-order valence-corrected chi connectivity index (χ0v) is 12.6. The quantitative estimate of drug-likeness (QED) is 0.773. The van der Waals surface area contributed by atoms with Crippen molar-refractivity contribution in [2.75, 3.05) is 31.9 Å². The van der Waals surface area contributed by atoms with Crippen molar-refractivity contribution in [2.45, 2.75) is 38.3 Å². The van der Waals surface area contributed by atoms with Gasteiger partial charge in [-0.2, -0.15) is 0 Å². The van der Waals surface area contributed by atoms with E-state index in [-0.39, 0.29) is 17.1 Å². The van der Waals surface area contributed by atoms with E-state index in [2.05, 4.69) is 0 Å². The highest BCUT2D eigenvalue weighted by Crippen LogP contribution is 2.44. The van der Waals surface area contributed by atoms with Crippen LogP contribution in [0.2, 0.25) is 0 Å². The maximum atomic E-state index is 14.1. The standard InChI is InChI=1S/C13H21FN2O3S/c1-2-20(18,19)16-7-6-12(10-16)8-15(9-12)11(17)13(14)4-3-5-13/h2-10H2,1H3. The third kappa shape index (κ3) is 2.06. The summed E-state index contributed by atoms with van der Waals surface area (Å²) in [7, 11) is -3.15. The minimum atomic E-state index is -3.15. The van der Waals surface area contributed by atoms with Crippen molar-refractivity contribution in [1.82, 2.24) is 9.21 Å². The second-order valence-electron chi connectivity index (χ2n) is 6.46. The number of nitrogens with zero attached hydrogens (tertiary/aromatic N) is 2. The molecule has 3 aliphatic rings. The number of carbonyl (C=O) groups excluding carboxylic acids is 1. The Kier molecular flexibility index (Phi) is 3.14. The van der Waals surface area contributed by atoms with Crippen LogP contribution in [0.15, 0.2) is 0 Å². The fourth-order valence-electron chi connectivity index (χ4n) is 3.46. The first-order valence-corrected chi connectivity index (χ1v) is 8.87. The lowest BCUT2D eigenvalue weighted by molar-refractivity contribution is -0.161. The third-order valence-corrected chi connectivity index (χ3v) is 6.86. The van der Waals surface area contributed by atoms with E-state index >= 15 is 0 Å². The number of likely N-dealkylation sites (tertiary alicyclic amines) is 1. The van der Waals surface area contributed by atoms with Crippen molar-refractivity contribution in [3.63, 3.8) is 0 Å². The van der Waals surface area contributed by atoms with Gasteiger partial charge in [-0.05, 0) is 32.6 Å². The lowest BCUT2D eigenvalue weighted by Crippen LogP contribution is -2.64. The lowest BCUT2D eigenvalue weighted by Gasteiger charge is -2.51. The monoisotopic (exact) mass is 304 g/mol. The molecule has 0 radical (unpaired) electrons. The molecule has 2 saturated heterocycles. The van der Waals surface area contributed by atoms with Gasteiger partial charge in [0.15, 0.2) is 5.67 Å². The molecule has 0 N–H and O–H groups in total. The van der Waals surface area contributed by atoms with E-state index in [9.17, 15) is 17.6 Å². The molecule has 20 heavy (non-hydrogen) atoms. The van der Waals surface area contributed by atoms with Gasteiger partial charge in [-0.25, -0.2) is 17.1 Å². The lowest BCUT2D eigenvalue weighted by atomic mass is 9.75. The van der Waals surface area contributed by atoms with Gasteiger partial charge in [0.25, 0.3) is 5.91 Å². The maximum absolute atomic E-state index is 14.1. The molecule has 5 nitrogen and oxygen atoms in total. The molecule has 7 heteroatoms. The molecule has 2 aliphatic heterocycles. The predicted molar refractivity (Wildman–Crippen MR) is 72.4 cm³/mol. The van der Waals surface area contributed by atoms with E-state index in [1.165, 1.54) is 4.31 Å². The summed E-state index contributed by atoms with van der Waals surface area (Å²) < 4.78 is 39.3. The van der Waals surface area contributed by atoms with Crippen molar-refractivity contribution in [3.8, 4) is 0 Å². The van der Waals surface area contributed by atoms with Crippen LogP contribution in [0.5, 0.6) is 0 Å². The highest BCUT2D eigenvalue weighted by molar-refractivity contribution is 7.89. The molecule has 0 unspecified atom stereocenters. The van der Waals surface area contributed by atoms with Crippen LogP contribution in [0.4, 0.5) is 4.39 Å². The molecule has 3 fully saturated rings. The van der Waals surface area contributed by atoms with Crippen LogP contribution in [0, 0.1) is 5.41 Å². The Morgan fingerprint density at radius 1 is 1.20 bits per heavy atom. The summed E-state index contributed by atoms with van der Waals surface area (Å²) in [5.41, 5.74) is -1.76. The Morgan fingerprint density at radius 2 is 1.85 bits per heavy atom. The molecule has 2 heterocycles. The molecule has 1 spiro atoms. The number of sulfonamides is 1. The molecule has 0 atom stereocenters. The second kappa shape index (κ2) is 4.40. The van der Waals surface area contributed by atoms with Gasteiger partial charge >= 0.3 is 0 Å². The van der Waals surface area contributed by atoms with Crippen LogP contribution in [0.1, 0.15) is 32.6 Å². The fourth-order valence-corrected chi connectivity index (χ4v) is 4.67. The first-order chi connectivity index (χ1) is 9.30. The van der Waals surface area contributed by atoms with Crippen molar-refractivity contribution in [1.29, 1.82) is 0 Å². The second-order valence-corrected chi connectivity index (χ2v) is 8.72. The minimum Gasteiger partial charge on any atom is -0.339 e. The van der Waals surface area contributed by atoms with E-state index in [1.807, 2.05) is 0 Å². The number of amides is 1. The Bertz CT molecular complexity index is 524. The topological polar surface area (TPSA) is 57.7 Å². The summed E-state index contributed by atoms with van der Waals surface area (Å²) in [6.45, 7) is 3.66. The van der Waals surface area contributed by atoms with Crippen LogP contribution >= 0.6 is 0 Å². The highest BCUT2D eigenvalue weighted by Gasteiger charge is 2.56. The van der Waals surface area contributed by atoms with Crippen molar-refractivity contribution < 1.29 is 17.6 Å². The molecule has 0 bridgehead atoms. The molecule has 1 amide bonds. The number of rotatable bonds is 3. The van der Waals surface area contributed by atoms with Crippen molar-refractivity contribution in [3.05, 3.63) is 0 Å². The normalized spacial score (nSPS) is 28.2. The first-order valence-electron chi connectivity index (χ1n) is 7.26. The number of carbonyl (C=O) groups is 1. The number of halogens is 1. The molecule has 0 aromatic carbocycles. The van der Waals surface area contributed by atoms with Gasteiger partial charge in [-0.3, -0.25) is 4.79 Å². The van der Waals surface area contributed by atoms with E-state index in [0.717, 1.165) is 12.8 Å². The van der Waals surface area contributed by atoms with Gasteiger partial charge in [-0.15, -0.1) is 0 Å². The van der Waals surface area contributed by atoms with Gasteiger partial charge in [0.2, 0.25) is 10.0 Å². The van der Waals surface area contributed by atoms with Crippen LogP contribution in [0.3, 0.4) is 0 Å². The van der Waals surface area contributed by atoms with Gasteiger partial charge in [0.1, 0.15) is 0 Å². The number of alkyl halides is 1.